The van der Waals surface area contributed by atoms with Gasteiger partial charge >= 0.3 is 0 Å². The first-order valence-electron chi connectivity index (χ1n) is 8.78. The molecule has 0 aliphatic heterocycles. The highest BCUT2D eigenvalue weighted by Crippen LogP contribution is 2.34. The molecule has 0 spiro atoms. The Balaban J connectivity index is 0.000000948. The molecule has 3 aromatic carbocycles. The van der Waals surface area contributed by atoms with Gasteiger partial charge in [-0.15, -0.1) is 0 Å². The summed E-state index contributed by atoms with van der Waals surface area (Å²) in [5.74, 6) is 0.776. The molecule has 4 aromatic rings. The quantitative estimate of drug-likeness (QED) is 0.415. The normalized spacial score (nSPS) is 10.1. The number of hydrogen-bond acceptors (Lipinski definition) is 1. The van der Waals surface area contributed by atoms with E-state index in [4.69, 9.17) is 16.6 Å². The van der Waals surface area contributed by atoms with Crippen LogP contribution in [0, 0.1) is 0 Å². The van der Waals surface area contributed by atoms with Crippen molar-refractivity contribution in [1.29, 1.82) is 0 Å². The van der Waals surface area contributed by atoms with E-state index in [1.54, 1.807) is 0 Å². The number of aromatic nitrogens is 2. The van der Waals surface area contributed by atoms with Crippen molar-refractivity contribution in [3.05, 3.63) is 90.0 Å². The molecule has 4 rings (SSSR count). The van der Waals surface area contributed by atoms with E-state index in [-0.39, 0.29) is 0 Å². The van der Waals surface area contributed by atoms with Gasteiger partial charge in [0.25, 0.3) is 0 Å². The Labute approximate surface area is 159 Å². The Kier molecular flexibility index (Phi) is 5.88. The lowest BCUT2D eigenvalue weighted by Gasteiger charge is -2.02. The average Bonchev–Trinajstić information content (AvgIpc) is 3.16. The number of benzene rings is 3. The number of nitrogens with one attached hydrogen (secondary N) is 1. The molecule has 1 N–H and O–H groups in total. The maximum absolute atomic E-state index is 6.35. The van der Waals surface area contributed by atoms with Crippen molar-refractivity contribution in [2.75, 3.05) is 0 Å². The van der Waals surface area contributed by atoms with Crippen LogP contribution in [0.2, 0.25) is 5.02 Å². The summed E-state index contributed by atoms with van der Waals surface area (Å²) in [6, 6.07) is 28.2. The first kappa shape index (κ1) is 18.0. The van der Waals surface area contributed by atoms with E-state index >= 15 is 0 Å². The zero-order valence-corrected chi connectivity index (χ0v) is 15.7. The number of aromatic amines is 1. The van der Waals surface area contributed by atoms with E-state index in [2.05, 4.69) is 29.2 Å². The monoisotopic (exact) mass is 360 g/mol. The molecule has 0 fully saturated rings. The summed E-state index contributed by atoms with van der Waals surface area (Å²) in [5, 5.41) is 0.686. The molecule has 2 nitrogen and oxygen atoms in total. The molecule has 0 radical (unpaired) electrons. The van der Waals surface area contributed by atoms with Crippen molar-refractivity contribution in [2.24, 2.45) is 0 Å². The van der Waals surface area contributed by atoms with Crippen LogP contribution >= 0.6 is 11.6 Å². The topological polar surface area (TPSA) is 28.7 Å². The fraction of sp³-hybridized carbons (Fsp3) is 0.0870. The summed E-state index contributed by atoms with van der Waals surface area (Å²) in [7, 11) is 0. The van der Waals surface area contributed by atoms with Crippen LogP contribution in [0.25, 0.3) is 33.9 Å². The van der Waals surface area contributed by atoms with Gasteiger partial charge in [-0.3, -0.25) is 0 Å². The van der Waals surface area contributed by atoms with Gasteiger partial charge in [0.15, 0.2) is 0 Å². The van der Waals surface area contributed by atoms with E-state index in [1.807, 2.05) is 74.5 Å². The lowest BCUT2D eigenvalue weighted by atomic mass is 10.1. The number of rotatable bonds is 3. The van der Waals surface area contributed by atoms with Crippen molar-refractivity contribution in [1.82, 2.24) is 9.97 Å². The predicted molar refractivity (Wildman–Crippen MR) is 111 cm³/mol. The van der Waals surface area contributed by atoms with Gasteiger partial charge in [-0.2, -0.15) is 0 Å². The molecule has 0 aliphatic carbocycles. The second kappa shape index (κ2) is 8.50. The SMILES string of the molecule is CC.Clc1ccccc1-c1nc(-c2ccccc2)c(-c2ccccc2)[nH]1. The summed E-state index contributed by atoms with van der Waals surface area (Å²) in [6.45, 7) is 4.00. The largest absolute Gasteiger partial charge is 0.337 e. The van der Waals surface area contributed by atoms with Gasteiger partial charge in [0, 0.05) is 16.7 Å². The molecule has 130 valence electrons. The highest BCUT2D eigenvalue weighted by atomic mass is 35.5. The van der Waals surface area contributed by atoms with Gasteiger partial charge in [-0.25, -0.2) is 4.98 Å². The molecular weight excluding hydrogens is 340 g/mol. The summed E-state index contributed by atoms with van der Waals surface area (Å²) >= 11 is 6.35. The van der Waals surface area contributed by atoms with Gasteiger partial charge in [-0.05, 0) is 12.1 Å². The Morgan fingerprint density at radius 1 is 0.692 bits per heavy atom. The molecule has 0 unspecified atom stereocenters. The lowest BCUT2D eigenvalue weighted by molar-refractivity contribution is 1.31. The van der Waals surface area contributed by atoms with E-state index < -0.39 is 0 Å². The standard InChI is InChI=1S/C21H15ClN2.C2H6/c22-18-14-8-7-13-17(18)21-23-19(15-9-3-1-4-10-15)20(24-21)16-11-5-2-6-12-16;1-2/h1-14H,(H,23,24);1-2H3. The Hall–Kier alpha value is -2.84. The van der Waals surface area contributed by atoms with Crippen LogP contribution < -0.4 is 0 Å². The number of halogens is 1. The Morgan fingerprint density at radius 3 is 1.85 bits per heavy atom. The molecule has 1 heterocycles. The second-order valence-corrected chi connectivity index (χ2v) is 5.93. The molecule has 1 aromatic heterocycles. The van der Waals surface area contributed by atoms with Crippen LogP contribution in [0.5, 0.6) is 0 Å². The smallest absolute Gasteiger partial charge is 0.140 e. The maximum Gasteiger partial charge on any atom is 0.140 e. The first-order valence-corrected chi connectivity index (χ1v) is 9.16. The van der Waals surface area contributed by atoms with Crippen LogP contribution in [0.4, 0.5) is 0 Å². The third-order valence-corrected chi connectivity index (χ3v) is 4.27. The van der Waals surface area contributed by atoms with Crippen molar-refractivity contribution < 1.29 is 0 Å². The predicted octanol–water partition coefficient (Wildman–Crippen LogP) is 7.09. The fourth-order valence-electron chi connectivity index (χ4n) is 2.77. The van der Waals surface area contributed by atoms with E-state index in [1.165, 1.54) is 0 Å². The molecule has 0 saturated carbocycles. The van der Waals surface area contributed by atoms with Crippen molar-refractivity contribution in [3.63, 3.8) is 0 Å². The third-order valence-electron chi connectivity index (χ3n) is 3.94. The van der Waals surface area contributed by atoms with Crippen molar-refractivity contribution in [3.8, 4) is 33.9 Å². The molecule has 0 atom stereocenters. The molecule has 0 aliphatic rings. The second-order valence-electron chi connectivity index (χ2n) is 5.52. The molecule has 0 saturated heterocycles. The number of imidazole rings is 1. The minimum atomic E-state index is 0.686. The van der Waals surface area contributed by atoms with Gasteiger partial charge in [0.1, 0.15) is 5.82 Å². The number of nitrogens with zero attached hydrogens (tertiary/aromatic N) is 1. The van der Waals surface area contributed by atoms with Gasteiger partial charge < -0.3 is 4.98 Å². The van der Waals surface area contributed by atoms with Crippen molar-refractivity contribution in [2.45, 2.75) is 13.8 Å². The molecule has 0 bridgehead atoms. The minimum absolute atomic E-state index is 0.686. The summed E-state index contributed by atoms with van der Waals surface area (Å²) < 4.78 is 0. The third kappa shape index (κ3) is 3.71. The summed E-state index contributed by atoms with van der Waals surface area (Å²) in [6.07, 6.45) is 0. The summed E-state index contributed by atoms with van der Waals surface area (Å²) in [5.41, 5.74) is 5.00. The molecule has 3 heteroatoms. The van der Waals surface area contributed by atoms with Crippen LogP contribution in [-0.2, 0) is 0 Å². The number of hydrogen-bond donors (Lipinski definition) is 1. The van der Waals surface area contributed by atoms with Gasteiger partial charge in [-0.1, -0.05) is 98.2 Å². The lowest BCUT2D eigenvalue weighted by Crippen LogP contribution is -1.82. The van der Waals surface area contributed by atoms with Crippen LogP contribution in [0.1, 0.15) is 13.8 Å². The van der Waals surface area contributed by atoms with Gasteiger partial charge in [0.2, 0.25) is 0 Å². The van der Waals surface area contributed by atoms with E-state index in [0.717, 1.165) is 33.9 Å². The maximum atomic E-state index is 6.35. The summed E-state index contributed by atoms with van der Waals surface area (Å²) in [4.78, 5) is 8.31. The van der Waals surface area contributed by atoms with Gasteiger partial charge in [0.05, 0.1) is 16.4 Å². The highest BCUT2D eigenvalue weighted by Gasteiger charge is 2.16. The number of H-pyrrole nitrogens is 1. The van der Waals surface area contributed by atoms with E-state index in [0.29, 0.717) is 5.02 Å². The van der Waals surface area contributed by atoms with Crippen molar-refractivity contribution >= 4 is 11.6 Å². The minimum Gasteiger partial charge on any atom is -0.337 e. The Morgan fingerprint density at radius 2 is 1.23 bits per heavy atom. The molecule has 26 heavy (non-hydrogen) atoms. The van der Waals surface area contributed by atoms with Crippen LogP contribution in [-0.4, -0.2) is 9.97 Å². The fourth-order valence-corrected chi connectivity index (χ4v) is 3.00. The molecule has 0 amide bonds. The Bertz CT molecular complexity index is 903. The van der Waals surface area contributed by atoms with E-state index in [9.17, 15) is 0 Å². The zero-order chi connectivity index (χ0) is 18.4. The first-order chi connectivity index (χ1) is 12.8. The highest BCUT2D eigenvalue weighted by molar-refractivity contribution is 6.33. The zero-order valence-electron chi connectivity index (χ0n) is 14.9. The molecular formula is C23H21ClN2. The van der Waals surface area contributed by atoms with Crippen LogP contribution in [0.3, 0.4) is 0 Å². The van der Waals surface area contributed by atoms with Crippen LogP contribution in [0.15, 0.2) is 84.9 Å². The average molecular weight is 361 g/mol.